The molecule has 21 heavy (non-hydrogen) atoms. The summed E-state index contributed by atoms with van der Waals surface area (Å²) < 4.78 is 15.6. The van der Waals surface area contributed by atoms with E-state index < -0.39 is 5.82 Å². The molecule has 3 rings (SSSR count). The van der Waals surface area contributed by atoms with Crippen LogP contribution < -0.4 is 5.73 Å². The van der Waals surface area contributed by atoms with Crippen LogP contribution in [-0.2, 0) is 0 Å². The van der Waals surface area contributed by atoms with Gasteiger partial charge in [-0.1, -0.05) is 6.07 Å². The topological polar surface area (TPSA) is 80.5 Å². The van der Waals surface area contributed by atoms with Gasteiger partial charge in [-0.05, 0) is 31.2 Å². The van der Waals surface area contributed by atoms with Gasteiger partial charge in [0.05, 0.1) is 17.1 Å². The third-order valence-electron chi connectivity index (χ3n) is 3.19. The van der Waals surface area contributed by atoms with Crippen molar-refractivity contribution in [2.75, 3.05) is 0 Å². The van der Waals surface area contributed by atoms with Crippen molar-refractivity contribution in [1.82, 2.24) is 14.5 Å². The number of pyridine rings is 1. The third-order valence-corrected chi connectivity index (χ3v) is 3.19. The predicted octanol–water partition coefficient (Wildman–Crippen LogP) is 2.45. The second kappa shape index (κ2) is 4.96. The van der Waals surface area contributed by atoms with Crippen LogP contribution in [0, 0.1) is 17.1 Å². The van der Waals surface area contributed by atoms with Crippen molar-refractivity contribution in [3.05, 3.63) is 53.7 Å². The Kier molecular flexibility index (Phi) is 3.12. The van der Waals surface area contributed by atoms with Crippen LogP contribution in [0.2, 0.25) is 0 Å². The lowest BCUT2D eigenvalue weighted by molar-refractivity contribution is 0.625. The number of rotatable bonds is 2. The number of fused-ring (bicyclic) bond motifs is 1. The Bertz CT molecular complexity index is 846. The fraction of sp³-hybridized carbons (Fsp3) is 0.133. The molecule has 6 heteroatoms. The first-order valence-electron chi connectivity index (χ1n) is 6.41. The number of nitriles is 1. The van der Waals surface area contributed by atoms with Gasteiger partial charge < -0.3 is 5.73 Å². The molecule has 0 aliphatic heterocycles. The molecule has 3 aromatic rings. The maximum Gasteiger partial charge on any atom is 0.143 e. The Morgan fingerprint density at radius 3 is 2.76 bits per heavy atom. The van der Waals surface area contributed by atoms with Gasteiger partial charge in [-0.3, -0.25) is 4.57 Å². The minimum atomic E-state index is -0.585. The first-order chi connectivity index (χ1) is 10.1. The molecule has 0 saturated carbocycles. The highest BCUT2D eigenvalue weighted by molar-refractivity contribution is 5.84. The number of nitrogens with two attached hydrogens (primary N) is 1. The standard InChI is InChI=1S/C15H12FN5/c1-9(18)15-20-12-6-5-11(16)10(8-17)14(12)21(15)13-4-2-3-7-19-13/h2-7,9H,18H2,1H3/t9-/m0/s1. The van der Waals surface area contributed by atoms with Crippen LogP contribution in [0.1, 0.15) is 24.4 Å². The molecule has 2 aromatic heterocycles. The molecule has 0 unspecified atom stereocenters. The molecule has 0 aliphatic carbocycles. The van der Waals surface area contributed by atoms with Crippen molar-refractivity contribution in [1.29, 1.82) is 5.26 Å². The van der Waals surface area contributed by atoms with Crippen LogP contribution in [0.5, 0.6) is 0 Å². The summed E-state index contributed by atoms with van der Waals surface area (Å²) in [6.07, 6.45) is 1.62. The van der Waals surface area contributed by atoms with E-state index in [1.165, 1.54) is 12.1 Å². The lowest BCUT2D eigenvalue weighted by atomic mass is 10.2. The van der Waals surface area contributed by atoms with Crippen LogP contribution in [0.25, 0.3) is 16.9 Å². The van der Waals surface area contributed by atoms with Crippen molar-refractivity contribution >= 4 is 11.0 Å². The van der Waals surface area contributed by atoms with Gasteiger partial charge in [-0.25, -0.2) is 14.4 Å². The van der Waals surface area contributed by atoms with E-state index in [1.54, 1.807) is 29.8 Å². The summed E-state index contributed by atoms with van der Waals surface area (Å²) >= 11 is 0. The molecule has 2 N–H and O–H groups in total. The van der Waals surface area contributed by atoms with Crippen LogP contribution in [0.4, 0.5) is 4.39 Å². The zero-order chi connectivity index (χ0) is 15.0. The van der Waals surface area contributed by atoms with E-state index in [1.807, 2.05) is 12.1 Å². The van der Waals surface area contributed by atoms with E-state index in [2.05, 4.69) is 9.97 Å². The molecule has 0 amide bonds. The molecular formula is C15H12FN5. The van der Waals surface area contributed by atoms with Crippen LogP contribution in [0.15, 0.2) is 36.5 Å². The van der Waals surface area contributed by atoms with E-state index in [0.29, 0.717) is 22.7 Å². The van der Waals surface area contributed by atoms with Gasteiger partial charge in [0.1, 0.15) is 29.1 Å². The molecule has 0 spiro atoms. The van der Waals surface area contributed by atoms with Gasteiger partial charge in [0.2, 0.25) is 0 Å². The number of hydrogen-bond acceptors (Lipinski definition) is 4. The molecule has 104 valence electrons. The Labute approximate surface area is 120 Å². The summed E-state index contributed by atoms with van der Waals surface area (Å²) in [5.74, 6) is 0.499. The molecule has 0 radical (unpaired) electrons. The summed E-state index contributed by atoms with van der Waals surface area (Å²) in [5, 5.41) is 9.25. The number of imidazole rings is 1. The smallest absolute Gasteiger partial charge is 0.143 e. The predicted molar refractivity (Wildman–Crippen MR) is 76.1 cm³/mol. The number of hydrogen-bond donors (Lipinski definition) is 1. The van der Waals surface area contributed by atoms with E-state index in [4.69, 9.17) is 5.73 Å². The fourth-order valence-corrected chi connectivity index (χ4v) is 2.29. The molecule has 0 saturated heterocycles. The van der Waals surface area contributed by atoms with Crippen molar-refractivity contribution < 1.29 is 4.39 Å². The minimum Gasteiger partial charge on any atom is -0.322 e. The van der Waals surface area contributed by atoms with Gasteiger partial charge in [0.25, 0.3) is 0 Å². The molecular weight excluding hydrogens is 269 g/mol. The summed E-state index contributed by atoms with van der Waals surface area (Å²) in [5.41, 5.74) is 6.81. The average Bonchev–Trinajstić information content (AvgIpc) is 2.88. The normalized spacial score (nSPS) is 12.3. The highest BCUT2D eigenvalue weighted by Crippen LogP contribution is 2.27. The van der Waals surface area contributed by atoms with Gasteiger partial charge in [-0.2, -0.15) is 5.26 Å². The number of nitrogens with zero attached hydrogens (tertiary/aromatic N) is 4. The number of benzene rings is 1. The lowest BCUT2D eigenvalue weighted by Gasteiger charge is -2.11. The highest BCUT2D eigenvalue weighted by Gasteiger charge is 2.20. The van der Waals surface area contributed by atoms with Crippen molar-refractivity contribution in [3.63, 3.8) is 0 Å². The number of aromatic nitrogens is 3. The summed E-state index contributed by atoms with van der Waals surface area (Å²) in [6, 6.07) is 9.64. The van der Waals surface area contributed by atoms with Crippen molar-refractivity contribution in [3.8, 4) is 11.9 Å². The maximum absolute atomic E-state index is 13.9. The Balaban J connectivity index is 2.48. The summed E-state index contributed by atoms with van der Waals surface area (Å²) in [4.78, 5) is 8.67. The first kappa shape index (κ1) is 13.2. The van der Waals surface area contributed by atoms with Gasteiger partial charge in [0.15, 0.2) is 0 Å². The Hall–Kier alpha value is -2.78. The fourth-order valence-electron chi connectivity index (χ4n) is 2.29. The lowest BCUT2D eigenvalue weighted by Crippen LogP contribution is -2.13. The highest BCUT2D eigenvalue weighted by atomic mass is 19.1. The molecule has 1 atom stereocenters. The van der Waals surface area contributed by atoms with Gasteiger partial charge >= 0.3 is 0 Å². The molecule has 5 nitrogen and oxygen atoms in total. The van der Waals surface area contributed by atoms with Crippen molar-refractivity contribution in [2.45, 2.75) is 13.0 Å². The molecule has 1 aromatic carbocycles. The minimum absolute atomic E-state index is 0.0578. The van der Waals surface area contributed by atoms with E-state index in [-0.39, 0.29) is 11.6 Å². The van der Waals surface area contributed by atoms with E-state index >= 15 is 0 Å². The second-order valence-corrected chi connectivity index (χ2v) is 4.68. The summed E-state index contributed by atoms with van der Waals surface area (Å²) in [6.45, 7) is 1.78. The largest absolute Gasteiger partial charge is 0.322 e. The molecule has 2 heterocycles. The van der Waals surface area contributed by atoms with Crippen molar-refractivity contribution in [2.24, 2.45) is 5.73 Å². The van der Waals surface area contributed by atoms with Gasteiger partial charge in [0, 0.05) is 6.20 Å². The maximum atomic E-state index is 13.9. The average molecular weight is 281 g/mol. The number of halogens is 1. The van der Waals surface area contributed by atoms with E-state index in [0.717, 1.165) is 0 Å². The molecule has 0 fully saturated rings. The second-order valence-electron chi connectivity index (χ2n) is 4.68. The van der Waals surface area contributed by atoms with Crippen LogP contribution in [0.3, 0.4) is 0 Å². The molecule has 0 aliphatic rings. The Morgan fingerprint density at radius 1 is 1.33 bits per heavy atom. The zero-order valence-electron chi connectivity index (χ0n) is 11.3. The SMILES string of the molecule is C[C@H](N)c1nc2ccc(F)c(C#N)c2n1-c1ccccn1. The van der Waals surface area contributed by atoms with E-state index in [9.17, 15) is 9.65 Å². The first-order valence-corrected chi connectivity index (χ1v) is 6.41. The molecule has 0 bridgehead atoms. The summed E-state index contributed by atoms with van der Waals surface area (Å²) in [7, 11) is 0. The van der Waals surface area contributed by atoms with Gasteiger partial charge in [-0.15, -0.1) is 0 Å². The Morgan fingerprint density at radius 2 is 2.14 bits per heavy atom. The quantitative estimate of drug-likeness (QED) is 0.782. The monoisotopic (exact) mass is 281 g/mol. The third kappa shape index (κ3) is 2.04. The van der Waals surface area contributed by atoms with Crippen LogP contribution >= 0.6 is 0 Å². The van der Waals surface area contributed by atoms with Crippen LogP contribution in [-0.4, -0.2) is 14.5 Å². The zero-order valence-corrected chi connectivity index (χ0v) is 11.3.